The molecule has 0 N–H and O–H groups in total. The fourth-order valence-electron chi connectivity index (χ4n) is 5.31. The second-order valence-corrected chi connectivity index (χ2v) is 9.29. The van der Waals surface area contributed by atoms with Crippen LogP contribution in [0.2, 0.25) is 0 Å². The van der Waals surface area contributed by atoms with Crippen LogP contribution in [0.4, 0.5) is 13.2 Å². The molecular formula is C21H30F3NO3. The molecule has 4 rings (SSSR count). The van der Waals surface area contributed by atoms with Gasteiger partial charge in [0.2, 0.25) is 0 Å². The molecule has 0 aromatic carbocycles. The number of ether oxygens (including phenoxy) is 2. The quantitative estimate of drug-likeness (QED) is 0.397. The van der Waals surface area contributed by atoms with Crippen molar-refractivity contribution >= 4 is 5.97 Å². The molecule has 0 bridgehead atoms. The first-order valence-electron chi connectivity index (χ1n) is 10.5. The van der Waals surface area contributed by atoms with Gasteiger partial charge in [0, 0.05) is 19.0 Å². The van der Waals surface area contributed by atoms with E-state index in [9.17, 15) is 18.0 Å². The van der Waals surface area contributed by atoms with Gasteiger partial charge in [-0.25, -0.2) is 0 Å². The van der Waals surface area contributed by atoms with Crippen molar-refractivity contribution in [1.29, 1.82) is 0 Å². The number of epoxide rings is 1. The molecule has 0 amide bonds. The molecule has 4 nitrogen and oxygen atoms in total. The van der Waals surface area contributed by atoms with E-state index >= 15 is 0 Å². The summed E-state index contributed by atoms with van der Waals surface area (Å²) in [6.07, 6.45) is 2.00. The molecule has 3 heterocycles. The van der Waals surface area contributed by atoms with Gasteiger partial charge < -0.3 is 14.4 Å². The van der Waals surface area contributed by atoms with E-state index in [1.165, 1.54) is 5.57 Å². The van der Waals surface area contributed by atoms with Gasteiger partial charge in [0.05, 0.1) is 17.4 Å². The molecule has 158 valence electrons. The predicted octanol–water partition coefficient (Wildman–Crippen LogP) is 4.10. The molecule has 0 aromatic rings. The Morgan fingerprint density at radius 2 is 2.11 bits per heavy atom. The monoisotopic (exact) mass is 401 g/mol. The lowest BCUT2D eigenvalue weighted by Gasteiger charge is -2.35. The molecule has 6 atom stereocenters. The van der Waals surface area contributed by atoms with E-state index in [0.29, 0.717) is 19.5 Å². The topological polar surface area (TPSA) is 42.1 Å². The van der Waals surface area contributed by atoms with Gasteiger partial charge in [0.15, 0.2) is 0 Å². The molecule has 3 fully saturated rings. The van der Waals surface area contributed by atoms with Crippen LogP contribution in [0, 0.1) is 17.8 Å². The van der Waals surface area contributed by atoms with Crippen molar-refractivity contribution in [2.24, 2.45) is 17.8 Å². The average Bonchev–Trinajstić information content (AvgIpc) is 3.19. The van der Waals surface area contributed by atoms with Crippen molar-refractivity contribution in [3.05, 3.63) is 11.6 Å². The molecule has 3 aliphatic heterocycles. The van der Waals surface area contributed by atoms with Crippen LogP contribution in [0.15, 0.2) is 11.6 Å². The van der Waals surface area contributed by atoms with Crippen molar-refractivity contribution in [3.63, 3.8) is 0 Å². The summed E-state index contributed by atoms with van der Waals surface area (Å²) in [5.74, 6) is -1.91. The van der Waals surface area contributed by atoms with Gasteiger partial charge in [-0.1, -0.05) is 11.6 Å². The minimum absolute atomic E-state index is 0.00652. The summed E-state index contributed by atoms with van der Waals surface area (Å²) in [5.41, 5.74) is 1.05. The Hall–Kier alpha value is -1.08. The van der Waals surface area contributed by atoms with Crippen molar-refractivity contribution in [3.8, 4) is 0 Å². The Balaban J connectivity index is 1.49. The molecule has 0 radical (unpaired) electrons. The third kappa shape index (κ3) is 3.97. The van der Waals surface area contributed by atoms with Gasteiger partial charge in [0.1, 0.15) is 12.2 Å². The predicted molar refractivity (Wildman–Crippen MR) is 97.6 cm³/mol. The first-order valence-corrected chi connectivity index (χ1v) is 10.5. The summed E-state index contributed by atoms with van der Waals surface area (Å²) >= 11 is 0. The van der Waals surface area contributed by atoms with Crippen molar-refractivity contribution in [2.75, 3.05) is 19.6 Å². The second-order valence-electron chi connectivity index (χ2n) is 9.29. The SMILES string of the molecule is CC1=CCC[C@@]2(C)O[C@H]2[C@H]2OC(=O)[C@@H](CN3CCCC(C(F)(F)F)C3)[C@@H]2CC1. The third-order valence-corrected chi connectivity index (χ3v) is 7.16. The number of hydrogen-bond donors (Lipinski definition) is 0. The van der Waals surface area contributed by atoms with Crippen LogP contribution in [0.5, 0.6) is 0 Å². The summed E-state index contributed by atoms with van der Waals surface area (Å²) in [7, 11) is 0. The first kappa shape index (κ1) is 20.2. The normalized spacial score (nSPS) is 42.2. The van der Waals surface area contributed by atoms with Gasteiger partial charge in [-0.3, -0.25) is 4.79 Å². The Labute approximate surface area is 164 Å². The van der Waals surface area contributed by atoms with Crippen LogP contribution in [-0.2, 0) is 14.3 Å². The van der Waals surface area contributed by atoms with Crippen molar-refractivity contribution < 1.29 is 27.4 Å². The number of alkyl halides is 3. The lowest BCUT2D eigenvalue weighted by Crippen LogP contribution is -2.45. The molecule has 1 aliphatic carbocycles. The maximum absolute atomic E-state index is 13.2. The van der Waals surface area contributed by atoms with Crippen LogP contribution in [-0.4, -0.2) is 54.5 Å². The molecular weight excluding hydrogens is 371 g/mol. The molecule has 3 saturated heterocycles. The first-order chi connectivity index (χ1) is 13.2. The highest BCUT2D eigenvalue weighted by molar-refractivity contribution is 5.75. The number of esters is 1. The molecule has 4 aliphatic rings. The van der Waals surface area contributed by atoms with E-state index in [0.717, 1.165) is 25.7 Å². The van der Waals surface area contributed by atoms with E-state index in [1.54, 1.807) is 0 Å². The van der Waals surface area contributed by atoms with Gasteiger partial charge in [-0.05, 0) is 58.9 Å². The average molecular weight is 401 g/mol. The Bertz CT molecular complexity index is 649. The summed E-state index contributed by atoms with van der Waals surface area (Å²) < 4.78 is 51.2. The highest BCUT2D eigenvalue weighted by atomic mass is 19.4. The van der Waals surface area contributed by atoms with Gasteiger partial charge in [-0.15, -0.1) is 0 Å². The van der Waals surface area contributed by atoms with E-state index in [1.807, 2.05) is 4.90 Å². The summed E-state index contributed by atoms with van der Waals surface area (Å²) in [5, 5.41) is 0. The van der Waals surface area contributed by atoms with Gasteiger partial charge >= 0.3 is 12.1 Å². The number of carbonyl (C=O) groups excluding carboxylic acids is 1. The Morgan fingerprint density at radius 3 is 2.86 bits per heavy atom. The zero-order chi connectivity index (χ0) is 20.1. The molecule has 0 spiro atoms. The fourth-order valence-corrected chi connectivity index (χ4v) is 5.31. The maximum Gasteiger partial charge on any atom is 0.393 e. The van der Waals surface area contributed by atoms with Crippen LogP contribution < -0.4 is 0 Å². The van der Waals surface area contributed by atoms with E-state index in [-0.39, 0.29) is 48.6 Å². The molecule has 0 saturated carbocycles. The van der Waals surface area contributed by atoms with Crippen molar-refractivity contribution in [1.82, 2.24) is 4.90 Å². The van der Waals surface area contributed by atoms with Gasteiger partial charge in [-0.2, -0.15) is 13.2 Å². The summed E-state index contributed by atoms with van der Waals surface area (Å²) in [4.78, 5) is 14.5. The van der Waals surface area contributed by atoms with Crippen LogP contribution in [0.1, 0.15) is 52.4 Å². The minimum atomic E-state index is -4.17. The third-order valence-electron chi connectivity index (χ3n) is 7.16. The van der Waals surface area contributed by atoms with E-state index in [4.69, 9.17) is 9.47 Å². The summed E-state index contributed by atoms with van der Waals surface area (Å²) in [6.45, 7) is 5.14. The lowest BCUT2D eigenvalue weighted by molar-refractivity contribution is -0.187. The second kappa shape index (κ2) is 7.31. The minimum Gasteiger partial charge on any atom is -0.459 e. The number of halogens is 3. The van der Waals surface area contributed by atoms with Crippen LogP contribution >= 0.6 is 0 Å². The lowest BCUT2D eigenvalue weighted by atomic mass is 9.80. The number of likely N-dealkylation sites (tertiary alicyclic amines) is 1. The molecule has 7 heteroatoms. The number of rotatable bonds is 2. The zero-order valence-corrected chi connectivity index (χ0v) is 16.6. The van der Waals surface area contributed by atoms with Crippen molar-refractivity contribution in [2.45, 2.75) is 76.4 Å². The Morgan fingerprint density at radius 1 is 1.32 bits per heavy atom. The fraction of sp³-hybridized carbons (Fsp3) is 0.857. The highest BCUT2D eigenvalue weighted by Gasteiger charge is 2.62. The number of hydrogen-bond acceptors (Lipinski definition) is 4. The molecule has 28 heavy (non-hydrogen) atoms. The summed E-state index contributed by atoms with van der Waals surface area (Å²) in [6, 6.07) is 0. The standard InChI is InChI=1S/C21H30F3NO3/c1-13-5-3-9-20(2)18(28-20)17-15(8-7-13)16(19(26)27-17)12-25-10-4-6-14(11-25)21(22,23)24/h5,14-18H,3-4,6-12H2,1-2H3/t14?,15-,16-,17-,18-,20+/m0/s1. The van der Waals surface area contributed by atoms with E-state index in [2.05, 4.69) is 19.9 Å². The number of fused-ring (bicyclic) bond motifs is 3. The number of nitrogens with zero attached hydrogens (tertiary/aromatic N) is 1. The number of piperidine rings is 1. The largest absolute Gasteiger partial charge is 0.459 e. The Kier molecular flexibility index (Phi) is 5.28. The molecule has 0 aromatic heterocycles. The number of carbonyl (C=O) groups is 1. The zero-order valence-electron chi connectivity index (χ0n) is 16.6. The van der Waals surface area contributed by atoms with Gasteiger partial charge in [0.25, 0.3) is 0 Å². The van der Waals surface area contributed by atoms with Crippen LogP contribution in [0.3, 0.4) is 0 Å². The molecule has 1 unspecified atom stereocenters. The van der Waals surface area contributed by atoms with Crippen LogP contribution in [0.25, 0.3) is 0 Å². The smallest absolute Gasteiger partial charge is 0.393 e. The highest BCUT2D eigenvalue weighted by Crippen LogP contribution is 2.50. The maximum atomic E-state index is 13.2. The van der Waals surface area contributed by atoms with E-state index < -0.39 is 12.1 Å². The number of allylic oxidation sites excluding steroid dienone is 2.